The molecule has 0 aliphatic rings. The van der Waals surface area contributed by atoms with Crippen LogP contribution >= 0.6 is 11.6 Å². The molecule has 4 N–H and O–H groups in total. The lowest BCUT2D eigenvalue weighted by Gasteiger charge is -1.98. The van der Waals surface area contributed by atoms with E-state index in [2.05, 4.69) is 5.10 Å². The van der Waals surface area contributed by atoms with Crippen molar-refractivity contribution in [2.24, 2.45) is 5.73 Å². The van der Waals surface area contributed by atoms with Crippen LogP contribution in [-0.4, -0.2) is 15.7 Å². The van der Waals surface area contributed by atoms with Crippen LogP contribution in [0, 0.1) is 0 Å². The molecule has 0 saturated heterocycles. The Labute approximate surface area is 86.3 Å². The minimum atomic E-state index is -0.631. The van der Waals surface area contributed by atoms with Gasteiger partial charge in [0.2, 0.25) is 0 Å². The van der Waals surface area contributed by atoms with Gasteiger partial charge in [-0.05, 0) is 12.5 Å². The van der Waals surface area contributed by atoms with Crippen molar-refractivity contribution < 1.29 is 4.79 Å². The Morgan fingerprint density at radius 3 is 2.86 bits per heavy atom. The van der Waals surface area contributed by atoms with Gasteiger partial charge >= 0.3 is 0 Å². The first kappa shape index (κ1) is 10.6. The van der Waals surface area contributed by atoms with E-state index in [1.54, 1.807) is 6.20 Å². The lowest BCUT2D eigenvalue weighted by atomic mass is 10.3. The minimum absolute atomic E-state index is 0.0902. The zero-order valence-electron chi connectivity index (χ0n) is 7.70. The maximum atomic E-state index is 10.8. The Morgan fingerprint density at radius 2 is 2.43 bits per heavy atom. The number of nitrogens with zero attached hydrogens (tertiary/aromatic N) is 2. The molecule has 1 aromatic heterocycles. The standard InChI is InChI=1S/C8H11ClN4O/c1-5(2-9)3-13-4-6(10)7(12-13)8(11)14/h2,4H,3,10H2,1H3,(H2,11,14)/b5-2-. The number of carbonyl (C=O) groups excluding carboxylic acids is 1. The number of halogens is 1. The van der Waals surface area contributed by atoms with Crippen molar-refractivity contribution in [2.75, 3.05) is 5.73 Å². The molecule has 0 spiro atoms. The molecule has 76 valence electrons. The quantitative estimate of drug-likeness (QED) is 0.777. The van der Waals surface area contributed by atoms with Crippen LogP contribution in [0.4, 0.5) is 5.69 Å². The molecule has 0 aliphatic carbocycles. The first-order valence-corrected chi connectivity index (χ1v) is 4.37. The van der Waals surface area contributed by atoms with Crippen molar-refractivity contribution in [3.8, 4) is 0 Å². The topological polar surface area (TPSA) is 86.9 Å². The number of nitrogens with two attached hydrogens (primary N) is 2. The highest BCUT2D eigenvalue weighted by atomic mass is 35.5. The normalized spacial score (nSPS) is 11.7. The van der Waals surface area contributed by atoms with E-state index in [9.17, 15) is 4.79 Å². The fraction of sp³-hybridized carbons (Fsp3) is 0.250. The Hall–Kier alpha value is -1.49. The largest absolute Gasteiger partial charge is 0.396 e. The monoisotopic (exact) mass is 214 g/mol. The van der Waals surface area contributed by atoms with Crippen molar-refractivity contribution in [2.45, 2.75) is 13.5 Å². The fourth-order valence-corrected chi connectivity index (χ4v) is 1.07. The van der Waals surface area contributed by atoms with Gasteiger partial charge in [-0.25, -0.2) is 0 Å². The van der Waals surface area contributed by atoms with Gasteiger partial charge in [-0.3, -0.25) is 9.48 Å². The second-order valence-corrected chi connectivity index (χ2v) is 3.17. The predicted octanol–water partition coefficient (Wildman–Crippen LogP) is 0.707. The molecule has 6 heteroatoms. The molecule has 1 aromatic rings. The third kappa shape index (κ3) is 2.26. The lowest BCUT2D eigenvalue weighted by Crippen LogP contribution is -2.14. The molecule has 0 atom stereocenters. The van der Waals surface area contributed by atoms with E-state index >= 15 is 0 Å². The summed E-state index contributed by atoms with van der Waals surface area (Å²) in [5.41, 5.74) is 13.3. The fourth-order valence-electron chi connectivity index (χ4n) is 0.999. The average Bonchev–Trinajstić information content (AvgIpc) is 2.46. The highest BCUT2D eigenvalue weighted by molar-refractivity contribution is 6.25. The number of amides is 1. The van der Waals surface area contributed by atoms with Crippen LogP contribution in [0.1, 0.15) is 17.4 Å². The van der Waals surface area contributed by atoms with E-state index in [4.69, 9.17) is 23.1 Å². The molecular formula is C8H11ClN4O. The molecule has 14 heavy (non-hydrogen) atoms. The number of allylic oxidation sites excluding steroid dienone is 1. The minimum Gasteiger partial charge on any atom is -0.396 e. The molecule has 5 nitrogen and oxygen atoms in total. The molecular weight excluding hydrogens is 204 g/mol. The molecule has 0 unspecified atom stereocenters. The van der Waals surface area contributed by atoms with Crippen LogP contribution in [0.15, 0.2) is 17.3 Å². The van der Waals surface area contributed by atoms with E-state index in [1.807, 2.05) is 6.92 Å². The highest BCUT2D eigenvalue weighted by Gasteiger charge is 2.10. The van der Waals surface area contributed by atoms with Crippen molar-refractivity contribution >= 4 is 23.2 Å². The van der Waals surface area contributed by atoms with Crippen LogP contribution in [0.3, 0.4) is 0 Å². The molecule has 0 aromatic carbocycles. The Balaban J connectivity index is 2.92. The van der Waals surface area contributed by atoms with Gasteiger partial charge in [0.15, 0.2) is 5.69 Å². The van der Waals surface area contributed by atoms with Gasteiger partial charge in [0.05, 0.1) is 12.2 Å². The van der Waals surface area contributed by atoms with Gasteiger partial charge in [0.25, 0.3) is 5.91 Å². The third-order valence-corrected chi connectivity index (χ3v) is 1.99. The summed E-state index contributed by atoms with van der Waals surface area (Å²) >= 11 is 5.48. The molecule has 0 fully saturated rings. The van der Waals surface area contributed by atoms with Gasteiger partial charge in [-0.1, -0.05) is 11.6 Å². The van der Waals surface area contributed by atoms with Crippen LogP contribution in [0.5, 0.6) is 0 Å². The SMILES string of the molecule is C/C(=C/Cl)Cn1cc(N)c(C(N)=O)n1. The maximum absolute atomic E-state index is 10.8. The lowest BCUT2D eigenvalue weighted by molar-refractivity contribution is 0.0995. The van der Waals surface area contributed by atoms with Gasteiger partial charge in [0.1, 0.15) is 0 Å². The van der Waals surface area contributed by atoms with Crippen LogP contribution in [0.2, 0.25) is 0 Å². The van der Waals surface area contributed by atoms with Crippen molar-refractivity contribution in [1.82, 2.24) is 9.78 Å². The highest BCUT2D eigenvalue weighted by Crippen LogP contribution is 2.09. The van der Waals surface area contributed by atoms with Crippen molar-refractivity contribution in [1.29, 1.82) is 0 Å². The van der Waals surface area contributed by atoms with Crippen molar-refractivity contribution in [3.05, 3.63) is 23.0 Å². The zero-order valence-corrected chi connectivity index (χ0v) is 8.45. The molecule has 1 amide bonds. The van der Waals surface area contributed by atoms with E-state index in [0.29, 0.717) is 6.54 Å². The second-order valence-electron chi connectivity index (χ2n) is 2.95. The summed E-state index contributed by atoms with van der Waals surface area (Å²) in [7, 11) is 0. The number of hydrogen-bond donors (Lipinski definition) is 2. The molecule has 0 aliphatic heterocycles. The predicted molar refractivity (Wildman–Crippen MR) is 54.8 cm³/mol. The Kier molecular flexibility index (Phi) is 3.14. The number of aromatic nitrogens is 2. The first-order chi connectivity index (χ1) is 6.54. The summed E-state index contributed by atoms with van der Waals surface area (Å²) in [5, 5.41) is 3.91. The van der Waals surface area contributed by atoms with Crippen LogP contribution < -0.4 is 11.5 Å². The number of nitrogen functional groups attached to an aromatic ring is 1. The van der Waals surface area contributed by atoms with Crippen molar-refractivity contribution in [3.63, 3.8) is 0 Å². The van der Waals surface area contributed by atoms with Gasteiger partial charge < -0.3 is 11.5 Å². The molecule has 1 rings (SSSR count). The number of carbonyl (C=O) groups is 1. The number of primary amides is 1. The van der Waals surface area contributed by atoms with Gasteiger partial charge in [-0.15, -0.1) is 0 Å². The number of hydrogen-bond acceptors (Lipinski definition) is 3. The zero-order chi connectivity index (χ0) is 10.7. The van der Waals surface area contributed by atoms with Gasteiger partial charge in [0, 0.05) is 11.7 Å². The average molecular weight is 215 g/mol. The smallest absolute Gasteiger partial charge is 0.271 e. The van der Waals surface area contributed by atoms with E-state index in [0.717, 1.165) is 5.57 Å². The summed E-state index contributed by atoms with van der Waals surface area (Å²) < 4.78 is 1.52. The van der Waals surface area contributed by atoms with E-state index < -0.39 is 5.91 Å². The summed E-state index contributed by atoms with van der Waals surface area (Å²) in [6.45, 7) is 2.33. The van der Waals surface area contributed by atoms with Crippen LogP contribution in [-0.2, 0) is 6.54 Å². The Morgan fingerprint density at radius 1 is 1.79 bits per heavy atom. The molecule has 0 saturated carbocycles. The number of rotatable bonds is 3. The van der Waals surface area contributed by atoms with E-state index in [1.165, 1.54) is 10.2 Å². The summed E-state index contributed by atoms with van der Waals surface area (Å²) in [6, 6.07) is 0. The van der Waals surface area contributed by atoms with E-state index in [-0.39, 0.29) is 11.4 Å². The number of anilines is 1. The maximum Gasteiger partial charge on any atom is 0.271 e. The first-order valence-electron chi connectivity index (χ1n) is 3.93. The summed E-state index contributed by atoms with van der Waals surface area (Å²) in [6.07, 6.45) is 1.55. The third-order valence-electron chi connectivity index (χ3n) is 1.62. The van der Waals surface area contributed by atoms with Crippen LogP contribution in [0.25, 0.3) is 0 Å². The molecule has 0 radical (unpaired) electrons. The summed E-state index contributed by atoms with van der Waals surface area (Å²) in [5.74, 6) is -0.631. The molecule has 1 heterocycles. The second kappa shape index (κ2) is 4.15. The Bertz CT molecular complexity index is 383. The summed E-state index contributed by atoms with van der Waals surface area (Å²) in [4.78, 5) is 10.8. The van der Waals surface area contributed by atoms with Gasteiger partial charge in [-0.2, -0.15) is 5.10 Å². The molecule has 0 bridgehead atoms.